The van der Waals surface area contributed by atoms with E-state index in [0.29, 0.717) is 16.7 Å². The Kier molecular flexibility index (Phi) is 6.92. The van der Waals surface area contributed by atoms with Crippen LogP contribution < -0.4 is 14.8 Å². The molecule has 0 radical (unpaired) electrons. The second-order valence-electron chi connectivity index (χ2n) is 7.44. The van der Waals surface area contributed by atoms with Crippen LogP contribution in [0, 0.1) is 20.8 Å². The number of hydrogen-bond acceptors (Lipinski definition) is 5. The normalized spacial score (nSPS) is 12.7. The van der Waals surface area contributed by atoms with Crippen LogP contribution in [0.25, 0.3) is 0 Å². The molecule has 1 atom stereocenters. The first-order chi connectivity index (χ1) is 15.2. The molecule has 0 aromatic heterocycles. The molecule has 0 aliphatic carbocycles. The van der Waals surface area contributed by atoms with Crippen molar-refractivity contribution in [1.82, 2.24) is 0 Å². The predicted molar refractivity (Wildman–Crippen MR) is 128 cm³/mol. The van der Waals surface area contributed by atoms with Gasteiger partial charge < -0.3 is 14.0 Å². The molecule has 3 aromatic carbocycles. The average molecular weight is 471 g/mol. The van der Waals surface area contributed by atoms with E-state index in [0.717, 1.165) is 0 Å². The highest BCUT2D eigenvalue weighted by Crippen LogP contribution is 2.55. The number of aryl methyl sites for hydroxylation is 3. The van der Waals surface area contributed by atoms with Crippen molar-refractivity contribution in [3.8, 4) is 11.5 Å². The lowest BCUT2D eigenvalue weighted by molar-refractivity contribution is 0.103. The Hall–Kier alpha value is -2.88. The minimum atomic E-state index is -4.39. The van der Waals surface area contributed by atoms with Crippen LogP contribution in [0.5, 0.6) is 11.5 Å². The zero-order valence-electron chi connectivity index (χ0n) is 18.6. The van der Waals surface area contributed by atoms with Gasteiger partial charge in [-0.1, -0.05) is 54.1 Å². The summed E-state index contributed by atoms with van der Waals surface area (Å²) >= 11 is 6.33. The number of hydrogen-bond donors (Lipinski definition) is 0. The Morgan fingerprint density at radius 3 is 1.78 bits per heavy atom. The van der Waals surface area contributed by atoms with Gasteiger partial charge in [0.15, 0.2) is 0 Å². The van der Waals surface area contributed by atoms with Gasteiger partial charge in [-0.15, -0.1) is 0 Å². The molecule has 0 fully saturated rings. The van der Waals surface area contributed by atoms with Gasteiger partial charge in [0.2, 0.25) is 18.2 Å². The summed E-state index contributed by atoms with van der Waals surface area (Å²) in [5, 5.41) is 0.260. The van der Waals surface area contributed by atoms with E-state index in [2.05, 4.69) is 0 Å². The van der Waals surface area contributed by atoms with Crippen LogP contribution in [0.2, 0.25) is 5.02 Å². The van der Waals surface area contributed by atoms with E-state index in [-0.39, 0.29) is 33.0 Å². The van der Waals surface area contributed by atoms with Crippen LogP contribution in [-0.4, -0.2) is 25.3 Å². The maximum Gasteiger partial charge on any atom is 0.249 e. The molecule has 0 saturated carbocycles. The van der Waals surface area contributed by atoms with Crippen LogP contribution in [0.4, 0.5) is 0 Å². The molecule has 166 valence electrons. The van der Waals surface area contributed by atoms with Gasteiger partial charge in [-0.2, -0.15) is 0 Å². The van der Waals surface area contributed by atoms with Gasteiger partial charge in [-0.3, -0.25) is 9.59 Å². The molecule has 32 heavy (non-hydrogen) atoms. The Labute approximate surface area is 192 Å². The van der Waals surface area contributed by atoms with E-state index in [1.54, 1.807) is 57.2 Å². The number of ether oxygens (including phenoxy) is 2. The van der Waals surface area contributed by atoms with Gasteiger partial charge >= 0.3 is 0 Å². The lowest BCUT2D eigenvalue weighted by Crippen LogP contribution is -2.22. The molecule has 5 nitrogen and oxygen atoms in total. The lowest BCUT2D eigenvalue weighted by atomic mass is 10.0. The molecule has 0 aliphatic heterocycles. The van der Waals surface area contributed by atoms with Gasteiger partial charge in [-0.25, -0.2) is 0 Å². The molecule has 0 amide bonds. The van der Waals surface area contributed by atoms with E-state index >= 15 is 0 Å². The third-order valence-corrected chi connectivity index (χ3v) is 8.28. The van der Waals surface area contributed by atoms with Crippen molar-refractivity contribution in [2.75, 3.05) is 14.2 Å². The highest BCUT2D eigenvalue weighted by molar-refractivity contribution is 8.01. The number of benzene rings is 3. The van der Waals surface area contributed by atoms with Crippen molar-refractivity contribution >= 4 is 35.1 Å². The first kappa shape index (κ1) is 23.8. The smallest absolute Gasteiger partial charge is 0.249 e. The molecular formula is C25H24ClO5P. The molecule has 3 rings (SSSR count). The predicted octanol–water partition coefficient (Wildman–Crippen LogP) is 5.95. The molecule has 0 saturated heterocycles. The molecule has 3 aromatic rings. The Morgan fingerprint density at radius 1 is 0.750 bits per heavy atom. The monoisotopic (exact) mass is 470 g/mol. The summed E-state index contributed by atoms with van der Waals surface area (Å²) in [5.74, 6) is 0.439. The second-order valence-corrected chi connectivity index (χ2v) is 10.4. The molecule has 1 unspecified atom stereocenters. The van der Waals surface area contributed by atoms with E-state index < -0.39 is 18.2 Å². The van der Waals surface area contributed by atoms with E-state index in [9.17, 15) is 14.2 Å². The van der Waals surface area contributed by atoms with Crippen molar-refractivity contribution in [3.63, 3.8) is 0 Å². The van der Waals surface area contributed by atoms with Crippen molar-refractivity contribution in [2.45, 2.75) is 20.8 Å². The zero-order valence-corrected chi connectivity index (χ0v) is 20.2. The molecule has 0 aliphatic rings. The quantitative estimate of drug-likeness (QED) is 0.399. The van der Waals surface area contributed by atoms with Gasteiger partial charge in [0, 0.05) is 10.9 Å². The van der Waals surface area contributed by atoms with E-state index in [1.165, 1.54) is 26.4 Å². The lowest BCUT2D eigenvalue weighted by Gasteiger charge is -2.22. The largest absolute Gasteiger partial charge is 0.496 e. The number of methoxy groups -OCH3 is 2. The highest BCUT2D eigenvalue weighted by Gasteiger charge is 2.46. The Balaban J connectivity index is 2.39. The maximum absolute atomic E-state index is 14.6. The first-order valence-corrected chi connectivity index (χ1v) is 12.0. The van der Waals surface area contributed by atoms with Gasteiger partial charge in [0.25, 0.3) is 0 Å². The Bertz CT molecular complexity index is 1200. The van der Waals surface area contributed by atoms with E-state index in [1.807, 2.05) is 6.07 Å². The number of carbonyl (C=O) groups excluding carboxylic acids is 2. The van der Waals surface area contributed by atoms with Crippen LogP contribution in [-0.2, 0) is 4.57 Å². The number of carbonyl (C=O) groups is 2. The summed E-state index contributed by atoms with van der Waals surface area (Å²) in [6.07, 6.45) is 0. The summed E-state index contributed by atoms with van der Waals surface area (Å²) in [4.78, 5) is 27.9. The van der Waals surface area contributed by atoms with Gasteiger partial charge in [0.05, 0.1) is 19.2 Å². The minimum Gasteiger partial charge on any atom is -0.496 e. The first-order valence-electron chi connectivity index (χ1n) is 9.91. The summed E-state index contributed by atoms with van der Waals surface area (Å²) in [6, 6.07) is 14.8. The van der Waals surface area contributed by atoms with Crippen molar-refractivity contribution in [2.24, 2.45) is 0 Å². The fourth-order valence-corrected chi connectivity index (χ4v) is 6.60. The van der Waals surface area contributed by atoms with Crippen molar-refractivity contribution in [3.05, 3.63) is 87.4 Å². The van der Waals surface area contributed by atoms with Gasteiger partial charge in [0.1, 0.15) is 17.1 Å². The summed E-state index contributed by atoms with van der Waals surface area (Å²) in [6.45, 7) is 5.24. The molecular weight excluding hydrogens is 447 g/mol. The molecule has 0 heterocycles. The third-order valence-electron chi connectivity index (χ3n) is 5.35. The van der Waals surface area contributed by atoms with Gasteiger partial charge in [-0.05, 0) is 49.6 Å². The minimum absolute atomic E-state index is 0.0160. The third kappa shape index (κ3) is 3.87. The highest BCUT2D eigenvalue weighted by atomic mass is 35.5. The molecule has 0 bridgehead atoms. The SMILES string of the molecule is COc1c(C)cc(C)c(OC)c1C(=O)P(=O)(C(=O)c1c(C)cccc1Cl)c1ccccc1. The topological polar surface area (TPSA) is 69.7 Å². The van der Waals surface area contributed by atoms with Crippen LogP contribution in [0.15, 0.2) is 54.6 Å². The van der Waals surface area contributed by atoms with Crippen LogP contribution in [0.3, 0.4) is 0 Å². The van der Waals surface area contributed by atoms with Crippen LogP contribution in [0.1, 0.15) is 37.4 Å². The van der Waals surface area contributed by atoms with Crippen molar-refractivity contribution in [1.29, 1.82) is 0 Å². The van der Waals surface area contributed by atoms with Crippen molar-refractivity contribution < 1.29 is 23.6 Å². The maximum atomic E-state index is 14.6. The molecule has 0 spiro atoms. The Morgan fingerprint density at radius 2 is 1.28 bits per heavy atom. The summed E-state index contributed by atoms with van der Waals surface area (Å²) in [7, 11) is -1.56. The number of rotatable bonds is 7. The van der Waals surface area contributed by atoms with Crippen LogP contribution >= 0.6 is 18.7 Å². The zero-order chi connectivity index (χ0) is 23.6. The molecule has 0 N–H and O–H groups in total. The fourth-order valence-electron chi connectivity index (χ4n) is 3.86. The number of halogens is 1. The summed E-state index contributed by atoms with van der Waals surface area (Å²) < 4.78 is 25.6. The van der Waals surface area contributed by atoms with E-state index in [4.69, 9.17) is 21.1 Å². The standard InChI is InChI=1S/C25H24ClO5P/c1-15-10-9-13-19(26)20(15)24(27)32(29,18-11-7-6-8-12-18)25(28)21-22(30-4)16(2)14-17(3)23(21)31-5/h6-14H,1-5H3. The summed E-state index contributed by atoms with van der Waals surface area (Å²) in [5.41, 5.74) is 0.236. The fraction of sp³-hybridized carbons (Fsp3) is 0.200. The molecule has 7 heteroatoms. The second kappa shape index (κ2) is 9.32. The average Bonchev–Trinajstić information content (AvgIpc) is 2.78.